The fraction of sp³-hybridized carbons (Fsp3) is 0.846. The Labute approximate surface area is 108 Å². The van der Waals surface area contributed by atoms with Crippen molar-refractivity contribution >= 4 is 11.9 Å². The summed E-state index contributed by atoms with van der Waals surface area (Å²) in [6, 6.07) is 0. The molecule has 1 rings (SSSR count). The van der Waals surface area contributed by atoms with E-state index in [1.54, 1.807) is 34.6 Å². The van der Waals surface area contributed by atoms with Gasteiger partial charge in [-0.1, -0.05) is 0 Å². The molecule has 0 aromatic heterocycles. The second kappa shape index (κ2) is 4.23. The maximum atomic E-state index is 12.6. The molecule has 5 heteroatoms. The zero-order valence-corrected chi connectivity index (χ0v) is 11.9. The van der Waals surface area contributed by atoms with Crippen molar-refractivity contribution in [1.29, 1.82) is 0 Å². The number of carboxylic acids is 1. The fourth-order valence-corrected chi connectivity index (χ4v) is 2.12. The lowest BCUT2D eigenvalue weighted by Crippen LogP contribution is -2.61. The van der Waals surface area contributed by atoms with Crippen LogP contribution in [-0.4, -0.2) is 39.5 Å². The van der Waals surface area contributed by atoms with Crippen LogP contribution in [0.25, 0.3) is 0 Å². The van der Waals surface area contributed by atoms with Gasteiger partial charge in [0.1, 0.15) is 5.54 Å². The van der Waals surface area contributed by atoms with Gasteiger partial charge in [-0.3, -0.25) is 4.79 Å². The summed E-state index contributed by atoms with van der Waals surface area (Å²) in [5.41, 5.74) is 3.45. The van der Waals surface area contributed by atoms with Crippen molar-refractivity contribution in [3.8, 4) is 0 Å². The van der Waals surface area contributed by atoms with Crippen LogP contribution in [0.1, 0.15) is 47.5 Å². The average Bonchev–Trinajstić information content (AvgIpc) is 2.58. The van der Waals surface area contributed by atoms with E-state index in [4.69, 9.17) is 5.73 Å². The number of likely N-dealkylation sites (tertiary alicyclic amines) is 1. The smallest absolute Gasteiger partial charge is 0.329 e. The molecule has 0 spiro atoms. The van der Waals surface area contributed by atoms with Crippen LogP contribution in [0.5, 0.6) is 0 Å². The largest absolute Gasteiger partial charge is 0.480 e. The first-order chi connectivity index (χ1) is 7.94. The van der Waals surface area contributed by atoms with Crippen molar-refractivity contribution in [2.75, 3.05) is 6.54 Å². The third-order valence-electron chi connectivity index (χ3n) is 4.49. The number of nitrogens with two attached hydrogens (primary N) is 1. The normalized spacial score (nSPS) is 25.3. The number of carbonyl (C=O) groups is 2. The van der Waals surface area contributed by atoms with Crippen LogP contribution in [-0.2, 0) is 9.59 Å². The van der Waals surface area contributed by atoms with Crippen LogP contribution in [0.15, 0.2) is 0 Å². The summed E-state index contributed by atoms with van der Waals surface area (Å²) in [7, 11) is 0. The van der Waals surface area contributed by atoms with Gasteiger partial charge in [-0.25, -0.2) is 4.79 Å². The Morgan fingerprint density at radius 1 is 1.28 bits per heavy atom. The summed E-state index contributed by atoms with van der Waals surface area (Å²) in [4.78, 5) is 25.5. The summed E-state index contributed by atoms with van der Waals surface area (Å²) in [5.74, 6) is -1.13. The molecule has 18 heavy (non-hydrogen) atoms. The SMILES string of the molecule is CC1(C(=O)O)CCCN1C(=O)C(C)(C)C(C)(C)N. The summed E-state index contributed by atoms with van der Waals surface area (Å²) in [6.45, 7) is 9.23. The number of carbonyl (C=O) groups excluding carboxylic acids is 1. The minimum Gasteiger partial charge on any atom is -0.480 e. The summed E-state index contributed by atoms with van der Waals surface area (Å²) < 4.78 is 0. The van der Waals surface area contributed by atoms with Crippen molar-refractivity contribution in [2.45, 2.75) is 58.5 Å². The van der Waals surface area contributed by atoms with Crippen molar-refractivity contribution < 1.29 is 14.7 Å². The van der Waals surface area contributed by atoms with Gasteiger partial charge in [0.05, 0.1) is 5.41 Å². The zero-order chi connectivity index (χ0) is 14.4. The Morgan fingerprint density at radius 3 is 2.17 bits per heavy atom. The number of amides is 1. The molecule has 0 bridgehead atoms. The zero-order valence-electron chi connectivity index (χ0n) is 11.9. The molecule has 104 valence electrons. The Kier molecular flexibility index (Phi) is 3.51. The first-order valence-corrected chi connectivity index (χ1v) is 6.29. The minimum absolute atomic E-state index is 0.183. The molecule has 0 aliphatic carbocycles. The van der Waals surface area contributed by atoms with Gasteiger partial charge in [0.25, 0.3) is 0 Å². The monoisotopic (exact) mass is 256 g/mol. The highest BCUT2D eigenvalue weighted by atomic mass is 16.4. The molecule has 0 saturated carbocycles. The average molecular weight is 256 g/mol. The molecule has 1 amide bonds. The predicted octanol–water partition coefficient (Wildman–Crippen LogP) is 1.22. The molecule has 1 aliphatic heterocycles. The molecule has 5 nitrogen and oxygen atoms in total. The van der Waals surface area contributed by atoms with Crippen LogP contribution in [0.2, 0.25) is 0 Å². The van der Waals surface area contributed by atoms with Gasteiger partial charge >= 0.3 is 5.97 Å². The lowest BCUT2D eigenvalue weighted by Gasteiger charge is -2.43. The highest BCUT2D eigenvalue weighted by molar-refractivity contribution is 5.90. The number of carboxylic acid groups (broad SMARTS) is 1. The molecule has 0 aromatic carbocycles. The standard InChI is InChI=1S/C13H24N2O3/c1-11(2,12(3,4)14)9(16)15-8-6-7-13(15,5)10(17)18/h6-8,14H2,1-5H3,(H,17,18). The van der Waals surface area contributed by atoms with E-state index in [9.17, 15) is 14.7 Å². The third kappa shape index (κ3) is 2.11. The van der Waals surface area contributed by atoms with E-state index in [1.165, 1.54) is 4.90 Å². The first-order valence-electron chi connectivity index (χ1n) is 6.29. The van der Waals surface area contributed by atoms with Crippen molar-refractivity contribution in [2.24, 2.45) is 11.1 Å². The molecular formula is C13H24N2O3. The number of rotatable bonds is 3. The van der Waals surface area contributed by atoms with E-state index in [0.717, 1.165) is 6.42 Å². The van der Waals surface area contributed by atoms with Crippen LogP contribution in [0.3, 0.4) is 0 Å². The van der Waals surface area contributed by atoms with E-state index in [1.807, 2.05) is 0 Å². The molecule has 1 fully saturated rings. The highest BCUT2D eigenvalue weighted by Gasteiger charge is 2.52. The molecular weight excluding hydrogens is 232 g/mol. The van der Waals surface area contributed by atoms with Gasteiger partial charge in [0.15, 0.2) is 0 Å². The molecule has 1 heterocycles. The minimum atomic E-state index is -1.10. The van der Waals surface area contributed by atoms with E-state index in [-0.39, 0.29) is 5.91 Å². The summed E-state index contributed by atoms with van der Waals surface area (Å²) >= 11 is 0. The lowest BCUT2D eigenvalue weighted by molar-refractivity contribution is -0.160. The van der Waals surface area contributed by atoms with E-state index < -0.39 is 22.5 Å². The summed E-state index contributed by atoms with van der Waals surface area (Å²) in [5, 5.41) is 9.34. The van der Waals surface area contributed by atoms with Gasteiger partial charge in [-0.15, -0.1) is 0 Å². The molecule has 3 N–H and O–H groups in total. The van der Waals surface area contributed by atoms with Crippen LogP contribution in [0, 0.1) is 5.41 Å². The molecule has 1 aliphatic rings. The molecule has 1 unspecified atom stereocenters. The fourth-order valence-electron chi connectivity index (χ4n) is 2.12. The van der Waals surface area contributed by atoms with Gasteiger partial charge in [-0.2, -0.15) is 0 Å². The van der Waals surface area contributed by atoms with Crippen LogP contribution < -0.4 is 5.73 Å². The maximum Gasteiger partial charge on any atom is 0.329 e. The van der Waals surface area contributed by atoms with Gasteiger partial charge in [0.2, 0.25) is 5.91 Å². The summed E-state index contributed by atoms with van der Waals surface area (Å²) in [6.07, 6.45) is 1.21. The number of hydrogen-bond acceptors (Lipinski definition) is 3. The number of hydrogen-bond donors (Lipinski definition) is 2. The number of nitrogens with zero attached hydrogens (tertiary/aromatic N) is 1. The van der Waals surface area contributed by atoms with E-state index in [0.29, 0.717) is 13.0 Å². The molecule has 1 saturated heterocycles. The van der Waals surface area contributed by atoms with Crippen molar-refractivity contribution in [1.82, 2.24) is 4.90 Å². The Balaban J connectivity index is 3.09. The molecule has 1 atom stereocenters. The van der Waals surface area contributed by atoms with Crippen molar-refractivity contribution in [3.63, 3.8) is 0 Å². The van der Waals surface area contributed by atoms with Crippen LogP contribution >= 0.6 is 0 Å². The van der Waals surface area contributed by atoms with Gasteiger partial charge in [-0.05, 0) is 47.5 Å². The van der Waals surface area contributed by atoms with Gasteiger partial charge < -0.3 is 15.7 Å². The van der Waals surface area contributed by atoms with E-state index in [2.05, 4.69) is 0 Å². The first kappa shape index (κ1) is 15.0. The Morgan fingerprint density at radius 2 is 1.78 bits per heavy atom. The second-order valence-electron chi connectivity index (χ2n) is 6.49. The second-order valence-corrected chi connectivity index (χ2v) is 6.49. The molecule has 0 aromatic rings. The van der Waals surface area contributed by atoms with E-state index >= 15 is 0 Å². The van der Waals surface area contributed by atoms with Gasteiger partial charge in [0, 0.05) is 12.1 Å². The predicted molar refractivity (Wildman–Crippen MR) is 69.0 cm³/mol. The van der Waals surface area contributed by atoms with Crippen LogP contribution in [0.4, 0.5) is 0 Å². The Bertz CT molecular complexity index is 371. The molecule has 0 radical (unpaired) electrons. The number of aliphatic carboxylic acids is 1. The quantitative estimate of drug-likeness (QED) is 0.795. The Hall–Kier alpha value is -1.10. The lowest BCUT2D eigenvalue weighted by atomic mass is 9.73. The van der Waals surface area contributed by atoms with Crippen molar-refractivity contribution in [3.05, 3.63) is 0 Å². The maximum absolute atomic E-state index is 12.6. The highest BCUT2D eigenvalue weighted by Crippen LogP contribution is 2.37. The topological polar surface area (TPSA) is 83.6 Å². The third-order valence-corrected chi connectivity index (χ3v) is 4.49.